The number of sulfonamides is 1. The van der Waals surface area contributed by atoms with E-state index in [9.17, 15) is 17.6 Å². The number of rotatable bonds is 9. The van der Waals surface area contributed by atoms with Crippen molar-refractivity contribution in [2.24, 2.45) is 0 Å². The van der Waals surface area contributed by atoms with Crippen molar-refractivity contribution in [2.45, 2.75) is 11.3 Å². The van der Waals surface area contributed by atoms with Crippen molar-refractivity contribution >= 4 is 15.9 Å². The van der Waals surface area contributed by atoms with Crippen LogP contribution in [0.4, 0.5) is 4.39 Å². The van der Waals surface area contributed by atoms with Gasteiger partial charge < -0.3 is 10.1 Å². The number of amides is 1. The van der Waals surface area contributed by atoms with E-state index in [1.807, 2.05) is 0 Å². The Morgan fingerprint density at radius 2 is 1.89 bits per heavy atom. The first kappa shape index (κ1) is 20.8. The van der Waals surface area contributed by atoms with E-state index in [2.05, 4.69) is 5.32 Å². The maximum absolute atomic E-state index is 12.8. The average molecular weight is 396 g/mol. The number of halogens is 1. The molecule has 0 aliphatic heterocycles. The minimum atomic E-state index is -3.82. The van der Waals surface area contributed by atoms with Gasteiger partial charge >= 0.3 is 0 Å². The maximum atomic E-state index is 12.8. The zero-order valence-corrected chi connectivity index (χ0v) is 15.8. The van der Waals surface area contributed by atoms with E-state index in [4.69, 9.17) is 9.57 Å². The van der Waals surface area contributed by atoms with Crippen molar-refractivity contribution in [1.29, 1.82) is 0 Å². The van der Waals surface area contributed by atoms with Gasteiger partial charge in [0.05, 0.1) is 18.6 Å². The quantitative estimate of drug-likeness (QED) is 0.519. The second kappa shape index (κ2) is 9.45. The Morgan fingerprint density at radius 3 is 2.56 bits per heavy atom. The lowest BCUT2D eigenvalue weighted by Crippen LogP contribution is -2.27. The normalized spacial score (nSPS) is 11.4. The fourth-order valence-corrected chi connectivity index (χ4v) is 3.16. The number of nitrogens with one attached hydrogen (secondary N) is 1. The van der Waals surface area contributed by atoms with Gasteiger partial charge in [0.25, 0.3) is 15.9 Å². The molecular formula is C18H21FN2O5S. The molecule has 0 spiro atoms. The summed E-state index contributed by atoms with van der Waals surface area (Å²) in [7, 11) is -1.32. The van der Waals surface area contributed by atoms with Crippen LogP contribution in [0.2, 0.25) is 0 Å². The SMILES string of the molecule is CON(C)S(=O)(=O)c1cccc(C(=O)NCCCOc2ccc(F)cc2)c1. The molecule has 0 radical (unpaired) electrons. The highest BCUT2D eigenvalue weighted by molar-refractivity contribution is 7.89. The second-order valence-corrected chi connectivity index (χ2v) is 7.47. The first-order valence-electron chi connectivity index (χ1n) is 8.14. The zero-order valence-electron chi connectivity index (χ0n) is 15.0. The standard InChI is InChI=1S/C18H21FN2O5S/c1-21(25-2)27(23,24)17-6-3-5-14(13-17)18(22)20-11-4-12-26-16-9-7-15(19)8-10-16/h3,5-10,13H,4,11-12H2,1-2H3,(H,20,22). The van der Waals surface area contributed by atoms with Crippen molar-refractivity contribution < 1.29 is 27.2 Å². The van der Waals surface area contributed by atoms with Gasteiger partial charge in [-0.2, -0.15) is 0 Å². The number of hydrogen-bond acceptors (Lipinski definition) is 5. The third kappa shape index (κ3) is 5.75. The summed E-state index contributed by atoms with van der Waals surface area (Å²) in [6.07, 6.45) is 0.535. The molecule has 2 aromatic rings. The molecule has 1 N–H and O–H groups in total. The monoisotopic (exact) mass is 396 g/mol. The number of benzene rings is 2. The Bertz CT molecular complexity index is 872. The van der Waals surface area contributed by atoms with Gasteiger partial charge in [-0.05, 0) is 48.9 Å². The number of carbonyl (C=O) groups is 1. The van der Waals surface area contributed by atoms with Crippen LogP contribution in [0, 0.1) is 5.82 Å². The Balaban J connectivity index is 1.85. The van der Waals surface area contributed by atoms with Gasteiger partial charge in [0.1, 0.15) is 11.6 Å². The molecule has 0 saturated heterocycles. The molecule has 0 aliphatic rings. The molecule has 0 bridgehead atoms. The molecule has 0 atom stereocenters. The van der Waals surface area contributed by atoms with Crippen LogP contribution in [-0.2, 0) is 14.9 Å². The smallest absolute Gasteiger partial charge is 0.264 e. The van der Waals surface area contributed by atoms with Gasteiger partial charge in [0.15, 0.2) is 0 Å². The van der Waals surface area contributed by atoms with Crippen LogP contribution in [-0.4, -0.2) is 46.1 Å². The lowest BCUT2D eigenvalue weighted by atomic mass is 10.2. The molecule has 27 heavy (non-hydrogen) atoms. The van der Waals surface area contributed by atoms with E-state index in [1.54, 1.807) is 0 Å². The van der Waals surface area contributed by atoms with Gasteiger partial charge in [-0.3, -0.25) is 9.63 Å². The average Bonchev–Trinajstić information content (AvgIpc) is 2.68. The van der Waals surface area contributed by atoms with E-state index in [0.29, 0.717) is 25.3 Å². The number of nitrogens with zero attached hydrogens (tertiary/aromatic N) is 1. The van der Waals surface area contributed by atoms with E-state index in [1.165, 1.54) is 62.7 Å². The molecule has 1 amide bonds. The Morgan fingerprint density at radius 1 is 1.19 bits per heavy atom. The highest BCUT2D eigenvalue weighted by Crippen LogP contribution is 2.16. The summed E-state index contributed by atoms with van der Waals surface area (Å²) in [5, 5.41) is 2.70. The van der Waals surface area contributed by atoms with Gasteiger partial charge in [0, 0.05) is 19.2 Å². The van der Waals surface area contributed by atoms with Crippen molar-refractivity contribution in [2.75, 3.05) is 27.3 Å². The second-order valence-electron chi connectivity index (χ2n) is 5.54. The Labute approximate surface area is 157 Å². The summed E-state index contributed by atoms with van der Waals surface area (Å²) in [6, 6.07) is 11.3. The van der Waals surface area contributed by atoms with Gasteiger partial charge in [-0.15, -0.1) is 0 Å². The van der Waals surface area contributed by atoms with Gasteiger partial charge in [-0.1, -0.05) is 10.5 Å². The lowest BCUT2D eigenvalue weighted by Gasteiger charge is -2.14. The molecule has 0 aromatic heterocycles. The van der Waals surface area contributed by atoms with Gasteiger partial charge in [0.2, 0.25) is 0 Å². The largest absolute Gasteiger partial charge is 0.494 e. The Hall–Kier alpha value is -2.49. The number of hydroxylamine groups is 1. The molecule has 0 heterocycles. The molecule has 146 valence electrons. The molecule has 0 fully saturated rings. The predicted molar refractivity (Wildman–Crippen MR) is 97.2 cm³/mol. The molecule has 0 aliphatic carbocycles. The van der Waals surface area contributed by atoms with Crippen LogP contribution < -0.4 is 10.1 Å². The zero-order chi connectivity index (χ0) is 19.9. The third-order valence-corrected chi connectivity index (χ3v) is 5.35. The summed E-state index contributed by atoms with van der Waals surface area (Å²) >= 11 is 0. The van der Waals surface area contributed by atoms with Crippen molar-refractivity contribution in [3.63, 3.8) is 0 Å². The summed E-state index contributed by atoms with van der Waals surface area (Å²) in [4.78, 5) is 16.9. The molecule has 7 nitrogen and oxygen atoms in total. The predicted octanol–water partition coefficient (Wildman–Crippen LogP) is 2.21. The van der Waals surface area contributed by atoms with Crippen LogP contribution >= 0.6 is 0 Å². The number of carbonyl (C=O) groups excluding carboxylic acids is 1. The minimum Gasteiger partial charge on any atom is -0.494 e. The summed E-state index contributed by atoms with van der Waals surface area (Å²) in [5.41, 5.74) is 0.222. The van der Waals surface area contributed by atoms with Crippen molar-refractivity contribution in [3.8, 4) is 5.75 Å². The van der Waals surface area contributed by atoms with E-state index in [0.717, 1.165) is 4.47 Å². The van der Waals surface area contributed by atoms with Crippen LogP contribution in [0.1, 0.15) is 16.8 Å². The number of hydrogen-bond donors (Lipinski definition) is 1. The van der Waals surface area contributed by atoms with E-state index >= 15 is 0 Å². The molecule has 9 heteroatoms. The summed E-state index contributed by atoms with van der Waals surface area (Å²) in [5.74, 6) is -0.188. The molecule has 0 unspecified atom stereocenters. The van der Waals surface area contributed by atoms with Crippen LogP contribution in [0.25, 0.3) is 0 Å². The molecule has 2 rings (SSSR count). The molecule has 2 aromatic carbocycles. The molecule has 0 saturated carbocycles. The van der Waals surface area contributed by atoms with Gasteiger partial charge in [-0.25, -0.2) is 12.8 Å². The van der Waals surface area contributed by atoms with Crippen molar-refractivity contribution in [1.82, 2.24) is 9.79 Å². The highest BCUT2D eigenvalue weighted by atomic mass is 32.2. The Kier molecular flexibility index (Phi) is 7.28. The minimum absolute atomic E-state index is 0.0425. The summed E-state index contributed by atoms with van der Waals surface area (Å²) < 4.78 is 43.4. The van der Waals surface area contributed by atoms with Crippen molar-refractivity contribution in [3.05, 3.63) is 59.9 Å². The van der Waals surface area contributed by atoms with E-state index in [-0.39, 0.29) is 16.3 Å². The van der Waals surface area contributed by atoms with Crippen LogP contribution in [0.5, 0.6) is 5.75 Å². The van der Waals surface area contributed by atoms with Crippen LogP contribution in [0.15, 0.2) is 53.4 Å². The summed E-state index contributed by atoms with van der Waals surface area (Å²) in [6.45, 7) is 0.688. The lowest BCUT2D eigenvalue weighted by molar-refractivity contribution is -0.0258. The first-order chi connectivity index (χ1) is 12.8. The topological polar surface area (TPSA) is 84.9 Å². The fraction of sp³-hybridized carbons (Fsp3) is 0.278. The van der Waals surface area contributed by atoms with E-state index < -0.39 is 15.9 Å². The fourth-order valence-electron chi connectivity index (χ4n) is 2.14. The molecular weight excluding hydrogens is 375 g/mol. The highest BCUT2D eigenvalue weighted by Gasteiger charge is 2.21. The maximum Gasteiger partial charge on any atom is 0.264 e. The third-order valence-electron chi connectivity index (χ3n) is 3.68. The first-order valence-corrected chi connectivity index (χ1v) is 9.58. The number of ether oxygens (including phenoxy) is 1. The van der Waals surface area contributed by atoms with Crippen LogP contribution in [0.3, 0.4) is 0 Å².